The van der Waals surface area contributed by atoms with Crippen molar-refractivity contribution in [3.05, 3.63) is 0 Å². The number of hydrogen-bond donors (Lipinski definition) is 0. The van der Waals surface area contributed by atoms with Gasteiger partial charge in [0.25, 0.3) is 0 Å². The molecule has 0 aromatic rings. The average Bonchev–Trinajstić information content (AvgIpc) is 2.47. The van der Waals surface area contributed by atoms with E-state index in [-0.39, 0.29) is 6.09 Å². The second kappa shape index (κ2) is 4.46. The van der Waals surface area contributed by atoms with Crippen LogP contribution >= 0.6 is 0 Å². The lowest BCUT2D eigenvalue weighted by molar-refractivity contribution is 0.0932. The van der Waals surface area contributed by atoms with Crippen molar-refractivity contribution in [1.29, 1.82) is 0 Å². The Morgan fingerprint density at radius 3 is 2.77 bits per heavy atom. The number of amides is 1. The molecule has 0 saturated carbocycles. The minimum Gasteiger partial charge on any atom is -0.448 e. The van der Waals surface area contributed by atoms with Crippen molar-refractivity contribution in [2.45, 2.75) is 18.9 Å². The quantitative estimate of drug-likeness (QED) is 0.639. The number of ether oxygens (including phenoxy) is 1. The third-order valence-electron chi connectivity index (χ3n) is 2.44. The van der Waals surface area contributed by atoms with Crippen LogP contribution in [0.4, 0.5) is 4.79 Å². The molecule has 1 aliphatic heterocycles. The van der Waals surface area contributed by atoms with E-state index in [1.54, 1.807) is 14.1 Å². The second-order valence-electron chi connectivity index (χ2n) is 3.75. The zero-order valence-corrected chi connectivity index (χ0v) is 8.62. The molecule has 1 amide bonds. The maximum absolute atomic E-state index is 11.1. The summed E-state index contributed by atoms with van der Waals surface area (Å²) < 4.78 is 5.10. The Kier molecular flexibility index (Phi) is 3.54. The van der Waals surface area contributed by atoms with Gasteiger partial charge in [0, 0.05) is 20.1 Å². The van der Waals surface area contributed by atoms with E-state index in [1.807, 2.05) is 0 Å². The molecule has 76 valence electrons. The van der Waals surface area contributed by atoms with E-state index < -0.39 is 0 Å². The molecule has 0 N–H and O–H groups in total. The van der Waals surface area contributed by atoms with E-state index in [1.165, 1.54) is 11.3 Å². The number of carbonyl (C=O) groups is 1. The maximum atomic E-state index is 11.1. The van der Waals surface area contributed by atoms with Gasteiger partial charge >= 0.3 is 6.09 Å². The summed E-state index contributed by atoms with van der Waals surface area (Å²) in [7, 11) is 5.46. The Labute approximate surface area is 79.4 Å². The molecular formula is C9H18N2O2. The topological polar surface area (TPSA) is 32.8 Å². The zero-order valence-electron chi connectivity index (χ0n) is 8.62. The molecule has 0 bridgehead atoms. The average molecular weight is 186 g/mol. The SMILES string of the molecule is CN(C)C(=O)OC[C@@H]1CCCN1C. The first-order valence-electron chi connectivity index (χ1n) is 4.65. The number of carbonyl (C=O) groups excluding carboxylic acids is 1. The molecule has 4 heteroatoms. The molecule has 13 heavy (non-hydrogen) atoms. The Balaban J connectivity index is 2.22. The van der Waals surface area contributed by atoms with Crippen molar-refractivity contribution in [3.8, 4) is 0 Å². The standard InChI is InChI=1S/C9H18N2O2/c1-10(2)9(12)13-7-8-5-4-6-11(8)3/h8H,4-7H2,1-3H3/t8-/m0/s1. The lowest BCUT2D eigenvalue weighted by Crippen LogP contribution is -2.33. The molecule has 1 heterocycles. The summed E-state index contributed by atoms with van der Waals surface area (Å²) in [5, 5.41) is 0. The maximum Gasteiger partial charge on any atom is 0.409 e. The molecule has 1 saturated heterocycles. The smallest absolute Gasteiger partial charge is 0.409 e. The zero-order chi connectivity index (χ0) is 9.84. The molecule has 1 rings (SSSR count). The number of hydrogen-bond acceptors (Lipinski definition) is 3. The van der Waals surface area contributed by atoms with Crippen molar-refractivity contribution >= 4 is 6.09 Å². The van der Waals surface area contributed by atoms with Crippen LogP contribution in [0.15, 0.2) is 0 Å². The third-order valence-corrected chi connectivity index (χ3v) is 2.44. The first-order valence-corrected chi connectivity index (χ1v) is 4.65. The monoisotopic (exact) mass is 186 g/mol. The van der Waals surface area contributed by atoms with Crippen LogP contribution in [0, 0.1) is 0 Å². The number of nitrogens with zero attached hydrogens (tertiary/aromatic N) is 2. The van der Waals surface area contributed by atoms with Crippen molar-refractivity contribution in [1.82, 2.24) is 9.80 Å². The van der Waals surface area contributed by atoms with Crippen LogP contribution < -0.4 is 0 Å². The number of likely N-dealkylation sites (N-methyl/N-ethyl adjacent to an activating group) is 1. The summed E-state index contributed by atoms with van der Waals surface area (Å²) in [5.74, 6) is 0. The lowest BCUT2D eigenvalue weighted by atomic mass is 10.2. The van der Waals surface area contributed by atoms with E-state index in [9.17, 15) is 4.79 Å². The first-order chi connectivity index (χ1) is 6.11. The van der Waals surface area contributed by atoms with Crippen LogP contribution in [0.5, 0.6) is 0 Å². The van der Waals surface area contributed by atoms with Crippen LogP contribution in [0.2, 0.25) is 0 Å². The van der Waals surface area contributed by atoms with Crippen molar-refractivity contribution < 1.29 is 9.53 Å². The molecule has 0 radical (unpaired) electrons. The normalized spacial score (nSPS) is 23.2. The fourth-order valence-electron chi connectivity index (χ4n) is 1.49. The molecule has 0 aromatic carbocycles. The third kappa shape index (κ3) is 2.88. The highest BCUT2D eigenvalue weighted by Crippen LogP contribution is 2.14. The van der Waals surface area contributed by atoms with Crippen molar-refractivity contribution in [3.63, 3.8) is 0 Å². The number of likely N-dealkylation sites (tertiary alicyclic amines) is 1. The summed E-state index contributed by atoms with van der Waals surface area (Å²) in [5.41, 5.74) is 0. The highest BCUT2D eigenvalue weighted by Gasteiger charge is 2.22. The minimum atomic E-state index is -0.250. The molecule has 1 fully saturated rings. The minimum absolute atomic E-state index is 0.250. The molecule has 0 spiro atoms. The van der Waals surface area contributed by atoms with Crippen molar-refractivity contribution in [2.24, 2.45) is 0 Å². The Morgan fingerprint density at radius 1 is 1.62 bits per heavy atom. The van der Waals surface area contributed by atoms with Gasteiger partial charge < -0.3 is 14.5 Å². The summed E-state index contributed by atoms with van der Waals surface area (Å²) in [6, 6.07) is 0.420. The lowest BCUT2D eigenvalue weighted by Gasteiger charge is -2.20. The van der Waals surface area contributed by atoms with Gasteiger partial charge in [0.1, 0.15) is 6.61 Å². The van der Waals surface area contributed by atoms with Crippen LogP contribution in [0.1, 0.15) is 12.8 Å². The van der Waals surface area contributed by atoms with E-state index >= 15 is 0 Å². The van der Waals surface area contributed by atoms with Gasteiger partial charge in [-0.15, -0.1) is 0 Å². The molecular weight excluding hydrogens is 168 g/mol. The molecule has 1 aliphatic rings. The predicted octanol–water partition coefficient (Wildman–Crippen LogP) is 0.779. The second-order valence-corrected chi connectivity index (χ2v) is 3.75. The van der Waals surface area contributed by atoms with Crippen LogP contribution in [0.3, 0.4) is 0 Å². The van der Waals surface area contributed by atoms with Gasteiger partial charge in [-0.25, -0.2) is 4.79 Å². The number of rotatable bonds is 2. The van der Waals surface area contributed by atoms with E-state index in [0.29, 0.717) is 12.6 Å². The van der Waals surface area contributed by atoms with E-state index in [0.717, 1.165) is 13.0 Å². The van der Waals surface area contributed by atoms with Crippen molar-refractivity contribution in [2.75, 3.05) is 34.3 Å². The van der Waals surface area contributed by atoms with Gasteiger partial charge in [-0.3, -0.25) is 0 Å². The summed E-state index contributed by atoms with van der Waals surface area (Å²) >= 11 is 0. The predicted molar refractivity (Wildman–Crippen MR) is 50.7 cm³/mol. The fraction of sp³-hybridized carbons (Fsp3) is 0.889. The molecule has 0 aliphatic carbocycles. The summed E-state index contributed by atoms with van der Waals surface area (Å²) in [6.45, 7) is 1.64. The van der Waals surface area contributed by atoms with Crippen LogP contribution in [-0.4, -0.2) is 56.2 Å². The molecule has 4 nitrogen and oxygen atoms in total. The van der Waals surface area contributed by atoms with Gasteiger partial charge in [-0.05, 0) is 26.4 Å². The van der Waals surface area contributed by atoms with Gasteiger partial charge in [0.05, 0.1) is 0 Å². The van der Waals surface area contributed by atoms with Gasteiger partial charge in [-0.1, -0.05) is 0 Å². The van der Waals surface area contributed by atoms with Gasteiger partial charge in [0.2, 0.25) is 0 Å². The summed E-state index contributed by atoms with van der Waals surface area (Å²) in [4.78, 5) is 14.8. The molecule has 1 atom stereocenters. The Bertz CT molecular complexity index is 182. The Hall–Kier alpha value is -0.770. The highest BCUT2D eigenvalue weighted by molar-refractivity contribution is 5.66. The molecule has 0 aromatic heterocycles. The van der Waals surface area contributed by atoms with E-state index in [4.69, 9.17) is 4.74 Å². The van der Waals surface area contributed by atoms with Gasteiger partial charge in [-0.2, -0.15) is 0 Å². The van der Waals surface area contributed by atoms with Gasteiger partial charge in [0.15, 0.2) is 0 Å². The first kappa shape index (κ1) is 10.3. The largest absolute Gasteiger partial charge is 0.448 e. The Morgan fingerprint density at radius 2 is 2.31 bits per heavy atom. The van der Waals surface area contributed by atoms with Crippen LogP contribution in [0.25, 0.3) is 0 Å². The molecule has 0 unspecified atom stereocenters. The fourth-order valence-corrected chi connectivity index (χ4v) is 1.49. The van der Waals surface area contributed by atoms with Crippen LogP contribution in [-0.2, 0) is 4.74 Å². The highest BCUT2D eigenvalue weighted by atomic mass is 16.6. The summed E-state index contributed by atoms with van der Waals surface area (Å²) in [6.07, 6.45) is 2.10. The van der Waals surface area contributed by atoms with E-state index in [2.05, 4.69) is 11.9 Å².